The second-order valence-electron chi connectivity index (χ2n) is 8.08. The lowest BCUT2D eigenvalue weighted by molar-refractivity contribution is 0.627. The van der Waals surface area contributed by atoms with Gasteiger partial charge in [-0.15, -0.1) is 0 Å². The third-order valence-electron chi connectivity index (χ3n) is 5.67. The van der Waals surface area contributed by atoms with Crippen molar-refractivity contribution >= 4 is 22.1 Å². The molecule has 0 N–H and O–H groups in total. The van der Waals surface area contributed by atoms with E-state index < -0.39 is 0 Å². The van der Waals surface area contributed by atoms with Gasteiger partial charge in [0.2, 0.25) is 0 Å². The van der Waals surface area contributed by atoms with Gasteiger partial charge in [-0.1, -0.05) is 54.6 Å². The Morgan fingerprint density at radius 3 is 1.73 bits per heavy atom. The summed E-state index contributed by atoms with van der Waals surface area (Å²) in [6.45, 7) is 0. The Kier molecular flexibility index (Phi) is 5.45. The van der Waals surface area contributed by atoms with Crippen molar-refractivity contribution in [2.24, 2.45) is 0 Å². The normalized spacial score (nSPS) is 12.0. The number of nitrogens with zero attached hydrogens (tertiary/aromatic N) is 2. The molecule has 0 saturated heterocycles. The Morgan fingerprint density at radius 2 is 1.17 bits per heavy atom. The Bertz CT molecular complexity index is 1150. The van der Waals surface area contributed by atoms with Crippen molar-refractivity contribution in [2.45, 2.75) is 5.92 Å². The first-order valence-electron chi connectivity index (χ1n) is 10.2. The van der Waals surface area contributed by atoms with Gasteiger partial charge in [0.25, 0.3) is 0 Å². The highest BCUT2D eigenvalue weighted by atomic mass is 19.1. The summed E-state index contributed by atoms with van der Waals surface area (Å²) < 4.78 is 13.7. The number of hydrogen-bond donors (Lipinski definition) is 0. The minimum Gasteiger partial charge on any atom is -0.378 e. The number of anilines is 2. The average molecular weight is 399 g/mol. The lowest BCUT2D eigenvalue weighted by atomic mass is 9.82. The fourth-order valence-electron chi connectivity index (χ4n) is 4.12. The summed E-state index contributed by atoms with van der Waals surface area (Å²) in [5.41, 5.74) is 5.84. The smallest absolute Gasteiger partial charge is 0.123 e. The number of benzene rings is 4. The zero-order chi connectivity index (χ0) is 21.3. The van der Waals surface area contributed by atoms with Crippen molar-refractivity contribution in [3.63, 3.8) is 0 Å². The van der Waals surface area contributed by atoms with E-state index in [0.29, 0.717) is 0 Å². The lowest BCUT2D eigenvalue weighted by Gasteiger charge is -2.24. The van der Waals surface area contributed by atoms with Crippen molar-refractivity contribution in [1.82, 2.24) is 0 Å². The van der Waals surface area contributed by atoms with Crippen molar-refractivity contribution < 1.29 is 4.39 Å². The molecular formula is C27H27FN2. The monoisotopic (exact) mass is 398 g/mol. The van der Waals surface area contributed by atoms with Gasteiger partial charge in [-0.25, -0.2) is 4.39 Å². The van der Waals surface area contributed by atoms with Crippen LogP contribution in [0.25, 0.3) is 10.8 Å². The van der Waals surface area contributed by atoms with Gasteiger partial charge in [-0.05, 0) is 52.4 Å². The van der Waals surface area contributed by atoms with Crippen molar-refractivity contribution in [1.29, 1.82) is 0 Å². The van der Waals surface area contributed by atoms with Crippen LogP contribution in [0.3, 0.4) is 0 Å². The summed E-state index contributed by atoms with van der Waals surface area (Å²) in [4.78, 5) is 4.24. The quantitative estimate of drug-likeness (QED) is 0.365. The summed E-state index contributed by atoms with van der Waals surface area (Å²) in [6, 6.07) is 28.4. The molecule has 0 bridgehead atoms. The number of hydrogen-bond acceptors (Lipinski definition) is 2. The molecule has 0 aliphatic heterocycles. The van der Waals surface area contributed by atoms with E-state index >= 15 is 0 Å². The predicted molar refractivity (Wildman–Crippen MR) is 126 cm³/mol. The van der Waals surface area contributed by atoms with E-state index in [0.717, 1.165) is 11.3 Å². The maximum Gasteiger partial charge on any atom is 0.123 e. The lowest BCUT2D eigenvalue weighted by Crippen LogP contribution is -2.11. The average Bonchev–Trinajstić information content (AvgIpc) is 2.75. The van der Waals surface area contributed by atoms with Crippen LogP contribution in [-0.2, 0) is 0 Å². The molecule has 0 amide bonds. The molecule has 0 radical (unpaired) electrons. The Morgan fingerprint density at radius 1 is 0.600 bits per heavy atom. The highest BCUT2D eigenvalue weighted by Crippen LogP contribution is 2.39. The number of fused-ring (bicyclic) bond motifs is 1. The van der Waals surface area contributed by atoms with E-state index in [1.54, 1.807) is 12.1 Å². The maximum atomic E-state index is 13.7. The Hall–Kier alpha value is -3.33. The third kappa shape index (κ3) is 3.76. The highest BCUT2D eigenvalue weighted by molar-refractivity contribution is 5.97. The Balaban J connectivity index is 1.95. The van der Waals surface area contributed by atoms with Gasteiger partial charge in [-0.2, -0.15) is 0 Å². The number of halogens is 1. The van der Waals surface area contributed by atoms with E-state index in [2.05, 4.69) is 84.6 Å². The predicted octanol–water partition coefficient (Wildman–Crippen LogP) is 6.29. The summed E-state index contributed by atoms with van der Waals surface area (Å²) in [6.07, 6.45) is 0. The molecule has 30 heavy (non-hydrogen) atoms. The molecule has 152 valence electrons. The molecule has 4 aromatic carbocycles. The van der Waals surface area contributed by atoms with Gasteiger partial charge in [0.1, 0.15) is 5.82 Å². The third-order valence-corrected chi connectivity index (χ3v) is 5.67. The SMILES string of the molecule is CN(C)c1ccc(C(c2ccc(F)cc2)c2ccc(N(C)C)c3ccccc23)cc1. The first-order chi connectivity index (χ1) is 14.5. The molecule has 0 saturated carbocycles. The van der Waals surface area contributed by atoms with Crippen molar-refractivity contribution in [2.75, 3.05) is 38.0 Å². The van der Waals surface area contributed by atoms with Crippen LogP contribution in [0.5, 0.6) is 0 Å². The molecule has 0 heterocycles. The summed E-state index contributed by atoms with van der Waals surface area (Å²) in [5.74, 6) is -0.198. The van der Waals surface area contributed by atoms with Gasteiger partial charge >= 0.3 is 0 Å². The van der Waals surface area contributed by atoms with Crippen LogP contribution in [0, 0.1) is 5.82 Å². The van der Waals surface area contributed by atoms with Crippen LogP contribution in [0.15, 0.2) is 84.9 Å². The first-order valence-corrected chi connectivity index (χ1v) is 10.2. The van der Waals surface area contributed by atoms with Gasteiger partial charge < -0.3 is 9.80 Å². The Labute approximate surface area is 178 Å². The molecular weight excluding hydrogens is 371 g/mol. The molecule has 0 aromatic heterocycles. The molecule has 4 rings (SSSR count). The molecule has 1 unspecified atom stereocenters. The molecule has 0 aliphatic rings. The fraction of sp³-hybridized carbons (Fsp3) is 0.185. The minimum atomic E-state index is -0.215. The van der Waals surface area contributed by atoms with E-state index in [1.807, 2.05) is 26.2 Å². The van der Waals surface area contributed by atoms with Gasteiger partial charge in [-0.3, -0.25) is 0 Å². The van der Waals surface area contributed by atoms with Crippen molar-refractivity contribution in [3.8, 4) is 0 Å². The minimum absolute atomic E-state index is 0.0166. The van der Waals surface area contributed by atoms with Gasteiger partial charge in [0.15, 0.2) is 0 Å². The number of rotatable bonds is 5. The molecule has 0 aliphatic carbocycles. The summed E-state index contributed by atoms with van der Waals surface area (Å²) >= 11 is 0. The summed E-state index contributed by atoms with van der Waals surface area (Å²) in [5, 5.41) is 2.44. The van der Waals surface area contributed by atoms with E-state index in [4.69, 9.17) is 0 Å². The van der Waals surface area contributed by atoms with Crippen LogP contribution in [-0.4, -0.2) is 28.2 Å². The molecule has 3 heteroatoms. The van der Waals surface area contributed by atoms with Crippen LogP contribution in [0.4, 0.5) is 15.8 Å². The van der Waals surface area contributed by atoms with Crippen molar-refractivity contribution in [3.05, 3.63) is 107 Å². The van der Waals surface area contributed by atoms with Gasteiger partial charge in [0.05, 0.1) is 0 Å². The zero-order valence-corrected chi connectivity index (χ0v) is 17.9. The van der Waals surface area contributed by atoms with E-state index in [9.17, 15) is 4.39 Å². The molecule has 4 aromatic rings. The molecule has 0 spiro atoms. The fourth-order valence-corrected chi connectivity index (χ4v) is 4.12. The second kappa shape index (κ2) is 8.19. The van der Waals surface area contributed by atoms with Gasteiger partial charge in [0, 0.05) is 50.9 Å². The van der Waals surface area contributed by atoms with Crippen LogP contribution < -0.4 is 9.80 Å². The molecule has 0 fully saturated rings. The van der Waals surface area contributed by atoms with Crippen LogP contribution in [0.2, 0.25) is 0 Å². The second-order valence-corrected chi connectivity index (χ2v) is 8.08. The topological polar surface area (TPSA) is 6.48 Å². The van der Waals surface area contributed by atoms with E-state index in [-0.39, 0.29) is 11.7 Å². The summed E-state index contributed by atoms with van der Waals surface area (Å²) in [7, 11) is 8.22. The highest BCUT2D eigenvalue weighted by Gasteiger charge is 2.20. The molecule has 1 atom stereocenters. The zero-order valence-electron chi connectivity index (χ0n) is 17.9. The largest absolute Gasteiger partial charge is 0.378 e. The maximum absolute atomic E-state index is 13.7. The first kappa shape index (κ1) is 20.0. The van der Waals surface area contributed by atoms with Crippen LogP contribution in [0.1, 0.15) is 22.6 Å². The molecule has 2 nitrogen and oxygen atoms in total. The van der Waals surface area contributed by atoms with E-state index in [1.165, 1.54) is 27.6 Å². The van der Waals surface area contributed by atoms with Crippen LogP contribution >= 0.6 is 0 Å². The standard InChI is InChI=1S/C27H27FN2/c1-29(2)22-15-11-20(12-16-22)27(19-9-13-21(28)14-10-19)25-17-18-26(30(3)4)24-8-6-5-7-23(24)25/h5-18,27H,1-4H3.